The first-order valence-corrected chi connectivity index (χ1v) is 19.2. The Kier molecular flexibility index (Phi) is 9.99. The molecule has 1 atom stereocenters. The van der Waals surface area contributed by atoms with Gasteiger partial charge >= 0.3 is 230 Å². The summed E-state index contributed by atoms with van der Waals surface area (Å²) in [6, 6.07) is 39.0. The molecular weight excluding hydrogens is 684 g/mol. The summed E-state index contributed by atoms with van der Waals surface area (Å²) in [6.07, 6.45) is 8.21. The number of anilines is 1. The number of halogens is 2. The van der Waals surface area contributed by atoms with Crippen LogP contribution in [-0.2, 0) is 21.0 Å². The summed E-state index contributed by atoms with van der Waals surface area (Å²) in [6.45, 7) is 6.58. The molecule has 196 valence electrons. The molecule has 4 heteroatoms. The monoisotopic (exact) mass is 717 g/mol. The number of fused-ring (bicyclic) bond motifs is 3. The van der Waals surface area contributed by atoms with Crippen molar-refractivity contribution >= 4 is 8.94 Å². The molecule has 0 aliphatic heterocycles. The summed E-state index contributed by atoms with van der Waals surface area (Å²) in [5.74, 6) is 0. The second kappa shape index (κ2) is 13.2. The SMILES string of the molecule is CCN(CC)c1ccc2c(c1)[CH]([Hf+2]([C]1=CC=CC1)=[C](c1ccccc1)c1ccccc1)c1ccccc1-2.[Cl-].[Cl-]. The summed E-state index contributed by atoms with van der Waals surface area (Å²) in [5.41, 5.74) is 10.1. The van der Waals surface area contributed by atoms with Crippen molar-refractivity contribution in [2.75, 3.05) is 18.0 Å². The van der Waals surface area contributed by atoms with Gasteiger partial charge in [-0.05, 0) is 0 Å². The van der Waals surface area contributed by atoms with Crippen molar-refractivity contribution in [3.63, 3.8) is 0 Å². The predicted octanol–water partition coefficient (Wildman–Crippen LogP) is 2.34. The van der Waals surface area contributed by atoms with Crippen LogP contribution in [-0.4, -0.2) is 16.3 Å². The molecule has 2 aliphatic carbocycles. The molecule has 2 aliphatic rings. The second-order valence-corrected chi connectivity index (χ2v) is 19.0. The Balaban J connectivity index is 0.00000176. The molecule has 0 fully saturated rings. The Morgan fingerprint density at radius 3 is 1.90 bits per heavy atom. The zero-order valence-corrected chi connectivity index (χ0v) is 27.6. The maximum Gasteiger partial charge on any atom is -1.00 e. The van der Waals surface area contributed by atoms with Gasteiger partial charge in [0.1, 0.15) is 0 Å². The summed E-state index contributed by atoms with van der Waals surface area (Å²) in [7, 11) is 0. The number of allylic oxidation sites excluding steroid dienone is 4. The van der Waals surface area contributed by atoms with Crippen LogP contribution >= 0.6 is 0 Å². The minimum atomic E-state index is -2.81. The van der Waals surface area contributed by atoms with Crippen LogP contribution < -0.4 is 29.7 Å². The molecule has 0 N–H and O–H groups in total. The van der Waals surface area contributed by atoms with E-state index in [1.54, 1.807) is 12.1 Å². The van der Waals surface area contributed by atoms with Gasteiger partial charge in [-0.3, -0.25) is 0 Å². The van der Waals surface area contributed by atoms with E-state index in [0.717, 1.165) is 19.5 Å². The summed E-state index contributed by atoms with van der Waals surface area (Å²) >= 11 is -2.81. The third-order valence-corrected chi connectivity index (χ3v) is 20.0. The van der Waals surface area contributed by atoms with Crippen LogP contribution in [0.5, 0.6) is 0 Å². The van der Waals surface area contributed by atoms with E-state index in [1.165, 1.54) is 33.5 Å². The number of rotatable bonds is 7. The van der Waals surface area contributed by atoms with Gasteiger partial charge in [0.25, 0.3) is 0 Å². The first kappa shape index (κ1) is 29.5. The van der Waals surface area contributed by atoms with E-state index in [2.05, 4.69) is 140 Å². The van der Waals surface area contributed by atoms with Crippen LogP contribution in [0, 0.1) is 0 Å². The Morgan fingerprint density at radius 1 is 0.718 bits per heavy atom. The summed E-state index contributed by atoms with van der Waals surface area (Å²) in [4.78, 5) is 2.49. The van der Waals surface area contributed by atoms with Gasteiger partial charge in [0.05, 0.1) is 0 Å². The van der Waals surface area contributed by atoms with Crippen molar-refractivity contribution < 1.29 is 45.8 Å². The standard InChI is InChI=1S/C17H18N.C13H10.C5H5.2ClH.Hf/c1-3-18(4-2)15-9-10-17-14(12-15)11-13-7-5-6-8-16(13)17;1-3-7-12(8-4-1)11-13-9-5-2-6-10-13;1-2-4-5-3-1;;;/h5-12H,3-4H2,1-2H3;1-10H;1-3H,4H2;2*1H;/q;;;;;+2/p-2. The molecule has 0 heterocycles. The first-order valence-electron chi connectivity index (χ1n) is 13.5. The van der Waals surface area contributed by atoms with E-state index in [4.69, 9.17) is 0 Å². The number of benzene rings is 4. The number of hydrogen-bond donors (Lipinski definition) is 0. The topological polar surface area (TPSA) is 3.24 Å². The van der Waals surface area contributed by atoms with E-state index in [-0.39, 0.29) is 24.8 Å². The minimum absolute atomic E-state index is 0. The maximum absolute atomic E-state index is 2.81. The largest absolute Gasteiger partial charge is 1.00 e. The van der Waals surface area contributed by atoms with Gasteiger partial charge in [-0.1, -0.05) is 0 Å². The van der Waals surface area contributed by atoms with Crippen LogP contribution in [0.25, 0.3) is 11.1 Å². The molecular formula is C35H33Cl2HfN. The van der Waals surface area contributed by atoms with Gasteiger partial charge < -0.3 is 24.8 Å². The van der Waals surface area contributed by atoms with Crippen molar-refractivity contribution in [1.29, 1.82) is 0 Å². The van der Waals surface area contributed by atoms with Gasteiger partial charge in [0, 0.05) is 0 Å². The van der Waals surface area contributed by atoms with Gasteiger partial charge in [-0.15, -0.1) is 0 Å². The minimum Gasteiger partial charge on any atom is -1.00 e. The van der Waals surface area contributed by atoms with E-state index < -0.39 is 21.0 Å². The normalized spacial score (nSPS) is 14.2. The van der Waals surface area contributed by atoms with Crippen LogP contribution in [0.4, 0.5) is 5.69 Å². The molecule has 1 nitrogen and oxygen atoms in total. The summed E-state index contributed by atoms with van der Waals surface area (Å²) < 4.78 is 3.80. The Bertz CT molecular complexity index is 1480. The Labute approximate surface area is 253 Å². The predicted molar refractivity (Wildman–Crippen MR) is 155 cm³/mol. The molecule has 0 radical (unpaired) electrons. The molecule has 6 rings (SSSR count). The molecule has 0 spiro atoms. The third-order valence-electron chi connectivity index (χ3n) is 7.84. The Morgan fingerprint density at radius 2 is 1.31 bits per heavy atom. The number of hydrogen-bond acceptors (Lipinski definition) is 1. The fraction of sp³-hybridized carbons (Fsp3) is 0.171. The van der Waals surface area contributed by atoms with E-state index >= 15 is 0 Å². The molecule has 0 amide bonds. The van der Waals surface area contributed by atoms with Crippen LogP contribution in [0.3, 0.4) is 0 Å². The fourth-order valence-electron chi connectivity index (χ4n) is 6.12. The van der Waals surface area contributed by atoms with Crippen LogP contribution in [0.1, 0.15) is 46.2 Å². The van der Waals surface area contributed by atoms with Crippen molar-refractivity contribution in [2.24, 2.45) is 0 Å². The molecule has 39 heavy (non-hydrogen) atoms. The molecule has 0 bridgehead atoms. The summed E-state index contributed by atoms with van der Waals surface area (Å²) in [5, 5.41) is 0. The molecule has 0 saturated carbocycles. The van der Waals surface area contributed by atoms with Gasteiger partial charge in [0.15, 0.2) is 0 Å². The molecule has 0 saturated heterocycles. The Hall–Kier alpha value is -2.52. The quantitative estimate of drug-likeness (QED) is 0.266. The molecule has 1 unspecified atom stereocenters. The maximum atomic E-state index is 2.54. The van der Waals surface area contributed by atoms with Crippen molar-refractivity contribution in [1.82, 2.24) is 0 Å². The zero-order valence-electron chi connectivity index (χ0n) is 22.4. The zero-order chi connectivity index (χ0) is 25.2. The van der Waals surface area contributed by atoms with Crippen molar-refractivity contribution in [2.45, 2.75) is 23.9 Å². The van der Waals surface area contributed by atoms with E-state index in [1.807, 2.05) is 0 Å². The van der Waals surface area contributed by atoms with E-state index in [9.17, 15) is 0 Å². The first-order chi connectivity index (χ1) is 18.3. The molecule has 4 aromatic carbocycles. The smallest absolute Gasteiger partial charge is 1.00 e. The van der Waals surface area contributed by atoms with Crippen LogP contribution in [0.15, 0.2) is 125 Å². The number of nitrogens with zero attached hydrogens (tertiary/aromatic N) is 1. The fourth-order valence-corrected chi connectivity index (χ4v) is 19.3. The average molecular weight is 717 g/mol. The molecule has 0 aromatic heterocycles. The van der Waals surface area contributed by atoms with Crippen LogP contribution in [0.2, 0.25) is 0 Å². The van der Waals surface area contributed by atoms with Gasteiger partial charge in [-0.2, -0.15) is 0 Å². The van der Waals surface area contributed by atoms with Crippen molar-refractivity contribution in [3.8, 4) is 11.1 Å². The van der Waals surface area contributed by atoms with Crippen molar-refractivity contribution in [3.05, 3.63) is 147 Å². The molecule has 4 aromatic rings. The van der Waals surface area contributed by atoms with Gasteiger partial charge in [-0.25, -0.2) is 0 Å². The third kappa shape index (κ3) is 5.57. The average Bonchev–Trinajstić information content (AvgIpc) is 3.60. The van der Waals surface area contributed by atoms with E-state index in [0.29, 0.717) is 3.67 Å². The second-order valence-electron chi connectivity index (χ2n) is 9.81. The van der Waals surface area contributed by atoms with Gasteiger partial charge in [0.2, 0.25) is 0 Å².